The number of aromatic nitrogens is 3. The van der Waals surface area contributed by atoms with Gasteiger partial charge in [0.2, 0.25) is 0 Å². The number of imidazole rings is 1. The summed E-state index contributed by atoms with van der Waals surface area (Å²) in [6, 6.07) is 7.49. The standard InChI is InChI=1S/C21H24N6O2S/c1-14(2)23-20(29)25-21-24-17-7-9-27(12-18(17)30-21)19(28)16-5-3-15(4-6-16)11-26-10-8-22-13-26/h3-6,8,10,13-14H,7,9,11-12H2,1-2H3,(H2,23,24,25,29). The second-order valence-electron chi connectivity index (χ2n) is 7.55. The maximum absolute atomic E-state index is 13.0. The van der Waals surface area contributed by atoms with Crippen LogP contribution in [0.2, 0.25) is 0 Å². The summed E-state index contributed by atoms with van der Waals surface area (Å²) in [5, 5.41) is 6.13. The van der Waals surface area contributed by atoms with Crippen LogP contribution < -0.4 is 10.6 Å². The zero-order chi connectivity index (χ0) is 21.1. The van der Waals surface area contributed by atoms with Gasteiger partial charge in [0.05, 0.1) is 18.6 Å². The first-order valence-electron chi connectivity index (χ1n) is 9.88. The van der Waals surface area contributed by atoms with Crippen molar-refractivity contribution >= 4 is 28.4 Å². The van der Waals surface area contributed by atoms with Crippen LogP contribution in [-0.4, -0.2) is 44.0 Å². The molecule has 3 heterocycles. The number of benzene rings is 1. The van der Waals surface area contributed by atoms with Crippen molar-refractivity contribution in [1.29, 1.82) is 0 Å². The summed E-state index contributed by atoms with van der Waals surface area (Å²) in [5.74, 6) is 0.00953. The molecule has 0 unspecified atom stereocenters. The zero-order valence-electron chi connectivity index (χ0n) is 17.0. The Hall–Kier alpha value is -3.20. The number of hydrogen-bond acceptors (Lipinski definition) is 5. The van der Waals surface area contributed by atoms with Gasteiger partial charge in [0.15, 0.2) is 5.13 Å². The number of carbonyl (C=O) groups excluding carboxylic acids is 2. The van der Waals surface area contributed by atoms with Crippen LogP contribution in [0.3, 0.4) is 0 Å². The molecule has 2 N–H and O–H groups in total. The monoisotopic (exact) mass is 424 g/mol. The lowest BCUT2D eigenvalue weighted by atomic mass is 10.1. The number of nitrogens with zero attached hydrogens (tertiary/aromatic N) is 4. The number of urea groups is 1. The predicted molar refractivity (Wildman–Crippen MR) is 116 cm³/mol. The Bertz CT molecular complexity index is 1030. The fourth-order valence-electron chi connectivity index (χ4n) is 3.34. The molecule has 0 spiro atoms. The van der Waals surface area contributed by atoms with Crippen molar-refractivity contribution in [3.05, 3.63) is 64.7 Å². The summed E-state index contributed by atoms with van der Waals surface area (Å²) in [5.41, 5.74) is 2.75. The quantitative estimate of drug-likeness (QED) is 0.658. The molecule has 0 aliphatic carbocycles. The minimum absolute atomic E-state index is 0.00953. The molecule has 0 fully saturated rings. The Labute approximate surface area is 179 Å². The molecule has 156 valence electrons. The van der Waals surface area contributed by atoms with Crippen molar-refractivity contribution in [3.63, 3.8) is 0 Å². The summed E-state index contributed by atoms with van der Waals surface area (Å²) >= 11 is 1.43. The van der Waals surface area contributed by atoms with Gasteiger partial charge in [0, 0.05) is 48.4 Å². The zero-order valence-corrected chi connectivity index (χ0v) is 17.8. The highest BCUT2D eigenvalue weighted by atomic mass is 32.1. The number of nitrogens with one attached hydrogen (secondary N) is 2. The second kappa shape index (κ2) is 8.66. The molecule has 0 bridgehead atoms. The minimum atomic E-state index is -0.264. The predicted octanol–water partition coefficient (Wildman–Crippen LogP) is 3.12. The van der Waals surface area contributed by atoms with Crippen molar-refractivity contribution in [2.24, 2.45) is 0 Å². The number of carbonyl (C=O) groups is 2. The normalized spacial score (nSPS) is 13.2. The summed E-state index contributed by atoms with van der Waals surface area (Å²) in [6.07, 6.45) is 6.12. The van der Waals surface area contributed by atoms with E-state index in [0.29, 0.717) is 30.2 Å². The molecule has 30 heavy (non-hydrogen) atoms. The summed E-state index contributed by atoms with van der Waals surface area (Å²) < 4.78 is 1.99. The Balaban J connectivity index is 1.39. The molecular formula is C21H24N6O2S. The van der Waals surface area contributed by atoms with Crippen LogP contribution in [0.25, 0.3) is 0 Å². The molecule has 8 nitrogen and oxygen atoms in total. The van der Waals surface area contributed by atoms with Gasteiger partial charge in [-0.05, 0) is 31.5 Å². The minimum Gasteiger partial charge on any atom is -0.336 e. The van der Waals surface area contributed by atoms with E-state index in [2.05, 4.69) is 20.6 Å². The molecule has 1 aliphatic heterocycles. The molecule has 0 atom stereocenters. The van der Waals surface area contributed by atoms with Gasteiger partial charge in [0.1, 0.15) is 0 Å². The van der Waals surface area contributed by atoms with Gasteiger partial charge < -0.3 is 14.8 Å². The maximum Gasteiger partial charge on any atom is 0.321 e. The Morgan fingerprint density at radius 3 is 2.73 bits per heavy atom. The van der Waals surface area contributed by atoms with Gasteiger partial charge in [-0.25, -0.2) is 14.8 Å². The Morgan fingerprint density at radius 1 is 1.23 bits per heavy atom. The third-order valence-corrected chi connectivity index (χ3v) is 5.78. The molecule has 1 aromatic carbocycles. The lowest BCUT2D eigenvalue weighted by Crippen LogP contribution is -2.35. The summed E-state index contributed by atoms with van der Waals surface area (Å²) in [4.78, 5) is 36.3. The van der Waals surface area contributed by atoms with Gasteiger partial charge in [-0.3, -0.25) is 10.1 Å². The van der Waals surface area contributed by atoms with Gasteiger partial charge in [0.25, 0.3) is 5.91 Å². The number of hydrogen-bond donors (Lipinski definition) is 2. The molecule has 2 aromatic heterocycles. The Morgan fingerprint density at radius 2 is 2.03 bits per heavy atom. The van der Waals surface area contributed by atoms with Crippen LogP contribution in [0, 0.1) is 0 Å². The first-order chi connectivity index (χ1) is 14.5. The van der Waals surface area contributed by atoms with E-state index < -0.39 is 0 Å². The van der Waals surface area contributed by atoms with E-state index in [1.165, 1.54) is 11.3 Å². The van der Waals surface area contributed by atoms with Crippen molar-refractivity contribution < 1.29 is 9.59 Å². The maximum atomic E-state index is 13.0. The number of fused-ring (bicyclic) bond motifs is 1. The van der Waals surface area contributed by atoms with Gasteiger partial charge in [-0.1, -0.05) is 23.5 Å². The fraction of sp³-hybridized carbons (Fsp3) is 0.333. The third-order valence-electron chi connectivity index (χ3n) is 4.78. The molecule has 4 rings (SSSR count). The first-order valence-corrected chi connectivity index (χ1v) is 10.7. The number of amides is 3. The third kappa shape index (κ3) is 4.68. The van der Waals surface area contributed by atoms with Gasteiger partial charge in [-0.2, -0.15) is 0 Å². The first kappa shape index (κ1) is 20.1. The molecule has 0 radical (unpaired) electrons. The summed E-state index contributed by atoms with van der Waals surface area (Å²) in [6.45, 7) is 5.66. The molecule has 9 heteroatoms. The number of thiazole rings is 1. The van der Waals surface area contributed by atoms with E-state index in [1.54, 1.807) is 12.5 Å². The highest BCUT2D eigenvalue weighted by Crippen LogP contribution is 2.29. The van der Waals surface area contributed by atoms with Crippen LogP contribution in [0.15, 0.2) is 43.0 Å². The molecule has 0 saturated carbocycles. The summed E-state index contributed by atoms with van der Waals surface area (Å²) in [7, 11) is 0. The molecular weight excluding hydrogens is 400 g/mol. The average Bonchev–Trinajstić information content (AvgIpc) is 3.35. The molecule has 1 aliphatic rings. The van der Waals surface area contributed by atoms with Crippen molar-refractivity contribution in [2.45, 2.75) is 39.4 Å². The fourth-order valence-corrected chi connectivity index (χ4v) is 4.36. The van der Waals surface area contributed by atoms with Crippen molar-refractivity contribution in [2.75, 3.05) is 11.9 Å². The van der Waals surface area contributed by atoms with Crippen LogP contribution in [0.1, 0.15) is 40.3 Å². The smallest absolute Gasteiger partial charge is 0.321 e. The lowest BCUT2D eigenvalue weighted by molar-refractivity contribution is 0.0736. The number of anilines is 1. The van der Waals surface area contributed by atoms with Gasteiger partial charge >= 0.3 is 6.03 Å². The van der Waals surface area contributed by atoms with Crippen molar-refractivity contribution in [1.82, 2.24) is 24.8 Å². The van der Waals surface area contributed by atoms with E-state index >= 15 is 0 Å². The number of rotatable bonds is 5. The molecule has 0 saturated heterocycles. The van der Waals surface area contributed by atoms with E-state index in [0.717, 1.165) is 22.7 Å². The van der Waals surface area contributed by atoms with E-state index in [1.807, 2.05) is 53.8 Å². The largest absolute Gasteiger partial charge is 0.336 e. The highest BCUT2D eigenvalue weighted by Gasteiger charge is 2.25. The topological polar surface area (TPSA) is 92.2 Å². The van der Waals surface area contributed by atoms with Crippen LogP contribution in [-0.2, 0) is 19.5 Å². The van der Waals surface area contributed by atoms with E-state index in [-0.39, 0.29) is 18.0 Å². The van der Waals surface area contributed by atoms with E-state index in [4.69, 9.17) is 0 Å². The SMILES string of the molecule is CC(C)NC(=O)Nc1nc2c(s1)CN(C(=O)c1ccc(Cn3ccnc3)cc1)CC2. The van der Waals surface area contributed by atoms with Crippen LogP contribution in [0.4, 0.5) is 9.93 Å². The molecule has 3 aromatic rings. The van der Waals surface area contributed by atoms with Crippen LogP contribution >= 0.6 is 11.3 Å². The Kier molecular flexibility index (Phi) is 5.80. The molecule has 3 amide bonds. The average molecular weight is 425 g/mol. The highest BCUT2D eigenvalue weighted by molar-refractivity contribution is 7.15. The second-order valence-corrected chi connectivity index (χ2v) is 8.63. The van der Waals surface area contributed by atoms with Crippen LogP contribution in [0.5, 0.6) is 0 Å². The van der Waals surface area contributed by atoms with E-state index in [9.17, 15) is 9.59 Å². The van der Waals surface area contributed by atoms with Crippen molar-refractivity contribution in [3.8, 4) is 0 Å². The van der Waals surface area contributed by atoms with Gasteiger partial charge in [-0.15, -0.1) is 0 Å². The lowest BCUT2D eigenvalue weighted by Gasteiger charge is -2.26.